The molecule has 5 nitrogen and oxygen atoms in total. The first-order valence-electron chi connectivity index (χ1n) is 10.5. The van der Waals surface area contributed by atoms with Crippen LogP contribution in [0.3, 0.4) is 0 Å². The minimum absolute atomic E-state index is 0. The van der Waals surface area contributed by atoms with E-state index in [1.165, 1.54) is 16.2 Å². The zero-order chi connectivity index (χ0) is 21.7. The van der Waals surface area contributed by atoms with Crippen LogP contribution < -0.4 is 5.32 Å². The number of halogens is 1. The fourth-order valence-electron chi connectivity index (χ4n) is 3.55. The number of hydrogen-bond donors (Lipinski definition) is 1. The van der Waals surface area contributed by atoms with Crippen LogP contribution >= 0.6 is 35.5 Å². The van der Waals surface area contributed by atoms with Crippen LogP contribution in [0.25, 0.3) is 0 Å². The van der Waals surface area contributed by atoms with Gasteiger partial charge in [0.1, 0.15) is 5.00 Å². The highest BCUT2D eigenvalue weighted by molar-refractivity contribution is 7.99. The average molecular weight is 483 g/mol. The van der Waals surface area contributed by atoms with Crippen LogP contribution in [-0.2, 0) is 28.9 Å². The van der Waals surface area contributed by atoms with Crippen molar-refractivity contribution >= 4 is 52.4 Å². The largest absolute Gasteiger partial charge is 0.462 e. The van der Waals surface area contributed by atoms with Gasteiger partial charge in [-0.1, -0.05) is 32.9 Å². The van der Waals surface area contributed by atoms with Gasteiger partial charge < -0.3 is 10.1 Å². The summed E-state index contributed by atoms with van der Waals surface area (Å²) in [5, 5.41) is 4.13. The standard InChI is InChI=1S/C23H30N2O3S2.ClH/c1-5-25-12-11-18-19(14-25)30-22(21(18)23(27)28-6-2)24-20(26)13-16-7-9-17(10-8-16)29-15(3)4;/h7-10,15H,5-6,11-14H2,1-4H3,(H,24,26);1H. The number of nitrogens with zero attached hydrogens (tertiary/aromatic N) is 1. The van der Waals surface area contributed by atoms with Crippen molar-refractivity contribution in [2.75, 3.05) is 25.0 Å². The summed E-state index contributed by atoms with van der Waals surface area (Å²) in [6, 6.07) is 8.10. The molecule has 31 heavy (non-hydrogen) atoms. The number of ether oxygens (including phenoxy) is 1. The summed E-state index contributed by atoms with van der Waals surface area (Å²) < 4.78 is 5.29. The number of esters is 1. The van der Waals surface area contributed by atoms with Crippen LogP contribution in [0.5, 0.6) is 0 Å². The molecule has 0 saturated carbocycles. The molecule has 1 aliphatic heterocycles. The van der Waals surface area contributed by atoms with Crippen molar-refractivity contribution in [3.05, 3.63) is 45.8 Å². The maximum atomic E-state index is 12.7. The van der Waals surface area contributed by atoms with Gasteiger partial charge in [-0.05, 0) is 43.1 Å². The number of rotatable bonds is 8. The monoisotopic (exact) mass is 482 g/mol. The Labute approximate surface area is 199 Å². The third kappa shape index (κ3) is 6.72. The molecule has 0 fully saturated rings. The highest BCUT2D eigenvalue weighted by atomic mass is 35.5. The summed E-state index contributed by atoms with van der Waals surface area (Å²) in [5.41, 5.74) is 2.54. The molecule has 0 bridgehead atoms. The number of nitrogens with one attached hydrogen (secondary N) is 1. The number of anilines is 1. The number of carbonyl (C=O) groups is 2. The van der Waals surface area contributed by atoms with Gasteiger partial charge >= 0.3 is 5.97 Å². The van der Waals surface area contributed by atoms with Gasteiger partial charge in [0.25, 0.3) is 0 Å². The Hall–Kier alpha value is -1.54. The molecule has 0 saturated heterocycles. The number of amides is 1. The molecule has 2 aromatic rings. The molecule has 1 aromatic carbocycles. The first kappa shape index (κ1) is 25.7. The number of fused-ring (bicyclic) bond motifs is 1. The van der Waals surface area contributed by atoms with E-state index in [4.69, 9.17) is 4.74 Å². The fourth-order valence-corrected chi connectivity index (χ4v) is 5.68. The Balaban J connectivity index is 0.00000341. The van der Waals surface area contributed by atoms with Crippen LogP contribution in [0.4, 0.5) is 5.00 Å². The molecule has 0 unspecified atom stereocenters. The second-order valence-corrected chi connectivity index (χ2v) is 10.3. The molecule has 1 aromatic heterocycles. The quantitative estimate of drug-likeness (QED) is 0.403. The van der Waals surface area contributed by atoms with Crippen molar-refractivity contribution in [1.29, 1.82) is 0 Å². The van der Waals surface area contributed by atoms with Crippen LogP contribution in [0.2, 0.25) is 0 Å². The van der Waals surface area contributed by atoms with Gasteiger partial charge in [-0.2, -0.15) is 0 Å². The summed E-state index contributed by atoms with van der Waals surface area (Å²) in [6.45, 7) is 11.3. The topological polar surface area (TPSA) is 58.6 Å². The molecule has 0 atom stereocenters. The van der Waals surface area contributed by atoms with E-state index in [0.29, 0.717) is 22.4 Å². The molecule has 8 heteroatoms. The highest BCUT2D eigenvalue weighted by Crippen LogP contribution is 2.37. The lowest BCUT2D eigenvalue weighted by atomic mass is 10.0. The molecule has 3 rings (SSSR count). The first-order chi connectivity index (χ1) is 14.4. The molecule has 0 aliphatic carbocycles. The van der Waals surface area contributed by atoms with E-state index in [2.05, 4.69) is 43.1 Å². The van der Waals surface area contributed by atoms with Crippen molar-refractivity contribution in [1.82, 2.24) is 4.90 Å². The van der Waals surface area contributed by atoms with Crippen molar-refractivity contribution in [2.24, 2.45) is 0 Å². The van der Waals surface area contributed by atoms with E-state index in [1.807, 2.05) is 12.1 Å². The van der Waals surface area contributed by atoms with Gasteiger partial charge in [0.15, 0.2) is 0 Å². The van der Waals surface area contributed by atoms with Gasteiger partial charge in [0.05, 0.1) is 18.6 Å². The van der Waals surface area contributed by atoms with Gasteiger partial charge in [-0.15, -0.1) is 35.5 Å². The summed E-state index contributed by atoms with van der Waals surface area (Å²) in [7, 11) is 0. The van der Waals surface area contributed by atoms with Crippen LogP contribution in [0.15, 0.2) is 29.2 Å². The smallest absolute Gasteiger partial charge is 0.341 e. The van der Waals surface area contributed by atoms with Crippen LogP contribution in [0.1, 0.15) is 54.1 Å². The van der Waals surface area contributed by atoms with Crippen molar-refractivity contribution in [3.8, 4) is 0 Å². The van der Waals surface area contributed by atoms with Gasteiger partial charge in [0, 0.05) is 28.1 Å². The Bertz CT molecular complexity index is 897. The van der Waals surface area contributed by atoms with E-state index in [1.54, 1.807) is 18.7 Å². The van der Waals surface area contributed by atoms with E-state index in [-0.39, 0.29) is 30.7 Å². The Morgan fingerprint density at radius 1 is 1.23 bits per heavy atom. The third-order valence-corrected chi connectivity index (χ3v) is 7.12. The number of thioether (sulfide) groups is 1. The SMILES string of the molecule is CCOC(=O)c1c(NC(=O)Cc2ccc(SC(C)C)cc2)sc2c1CCN(CC)C2.Cl. The summed E-state index contributed by atoms with van der Waals surface area (Å²) in [5.74, 6) is -0.457. The molecular weight excluding hydrogens is 452 g/mol. The lowest BCUT2D eigenvalue weighted by molar-refractivity contribution is -0.115. The molecule has 2 heterocycles. The minimum atomic E-state index is -0.342. The van der Waals surface area contributed by atoms with Crippen LogP contribution in [-0.4, -0.2) is 41.7 Å². The zero-order valence-corrected chi connectivity index (χ0v) is 21.0. The molecule has 170 valence electrons. The maximum Gasteiger partial charge on any atom is 0.341 e. The van der Waals surface area contributed by atoms with Crippen molar-refractivity contribution in [2.45, 2.75) is 57.2 Å². The molecule has 0 spiro atoms. The minimum Gasteiger partial charge on any atom is -0.462 e. The van der Waals surface area contributed by atoms with Crippen molar-refractivity contribution < 1.29 is 14.3 Å². The number of thiophene rings is 1. The molecule has 1 N–H and O–H groups in total. The van der Waals surface area contributed by atoms with E-state index in [0.717, 1.165) is 42.1 Å². The maximum absolute atomic E-state index is 12.7. The van der Waals surface area contributed by atoms with Gasteiger partial charge in [0.2, 0.25) is 5.91 Å². The summed E-state index contributed by atoms with van der Waals surface area (Å²) >= 11 is 3.31. The highest BCUT2D eigenvalue weighted by Gasteiger charge is 2.29. The predicted octanol–water partition coefficient (Wildman–Crippen LogP) is 5.41. The van der Waals surface area contributed by atoms with Gasteiger partial charge in [-0.25, -0.2) is 4.79 Å². The number of carbonyl (C=O) groups excluding carboxylic acids is 2. The fraction of sp³-hybridized carbons (Fsp3) is 0.478. The number of hydrogen-bond acceptors (Lipinski definition) is 6. The Morgan fingerprint density at radius 2 is 1.94 bits per heavy atom. The molecule has 1 amide bonds. The molecule has 0 radical (unpaired) electrons. The third-order valence-electron chi connectivity index (χ3n) is 4.98. The van der Waals surface area contributed by atoms with Crippen molar-refractivity contribution in [3.63, 3.8) is 0 Å². The predicted molar refractivity (Wildman–Crippen MR) is 132 cm³/mol. The summed E-state index contributed by atoms with van der Waals surface area (Å²) in [6.07, 6.45) is 1.08. The average Bonchev–Trinajstić information content (AvgIpc) is 3.05. The second-order valence-electron chi connectivity index (χ2n) is 7.58. The Kier molecular flexibility index (Phi) is 9.88. The zero-order valence-electron chi connectivity index (χ0n) is 18.5. The normalized spacial score (nSPS) is 13.5. The number of benzene rings is 1. The Morgan fingerprint density at radius 3 is 2.55 bits per heavy atom. The van der Waals surface area contributed by atoms with Gasteiger partial charge in [-0.3, -0.25) is 9.69 Å². The molecular formula is C23H31ClN2O3S2. The van der Waals surface area contributed by atoms with E-state index < -0.39 is 0 Å². The molecule has 1 aliphatic rings. The second kappa shape index (κ2) is 11.9. The lowest BCUT2D eigenvalue weighted by Gasteiger charge is -2.25. The number of likely N-dealkylation sites (N-methyl/N-ethyl adjacent to an activating group) is 1. The van der Waals surface area contributed by atoms with E-state index in [9.17, 15) is 9.59 Å². The first-order valence-corrected chi connectivity index (χ1v) is 12.2. The van der Waals surface area contributed by atoms with E-state index >= 15 is 0 Å². The van der Waals surface area contributed by atoms with Crippen LogP contribution in [0, 0.1) is 0 Å². The lowest BCUT2D eigenvalue weighted by Crippen LogP contribution is -2.30. The summed E-state index contributed by atoms with van der Waals surface area (Å²) in [4.78, 5) is 30.1.